The molecular weight excluding hydrogens is 214 g/mol. The molecule has 3 unspecified atom stereocenters. The average Bonchev–Trinajstić information content (AvgIpc) is 2.14. The normalized spacial score (nSPS) is 29.7. The maximum absolute atomic E-state index is 11.6. The van der Waals surface area contributed by atoms with Crippen molar-refractivity contribution in [3.63, 3.8) is 0 Å². The van der Waals surface area contributed by atoms with Crippen molar-refractivity contribution < 1.29 is 9.53 Å². The zero-order valence-electron chi connectivity index (χ0n) is 11.9. The highest BCUT2D eigenvalue weighted by Crippen LogP contribution is 2.38. The molecule has 0 heterocycles. The lowest BCUT2D eigenvalue weighted by molar-refractivity contribution is -0.145. The molecule has 3 atom stereocenters. The summed E-state index contributed by atoms with van der Waals surface area (Å²) >= 11 is 0. The van der Waals surface area contributed by atoms with Gasteiger partial charge in [0.1, 0.15) is 6.04 Å². The van der Waals surface area contributed by atoms with E-state index in [9.17, 15) is 4.79 Å². The number of rotatable bonds is 4. The quantitative estimate of drug-likeness (QED) is 0.769. The zero-order chi connectivity index (χ0) is 13.1. The first-order valence-electron chi connectivity index (χ1n) is 6.76. The molecule has 1 N–H and O–H groups in total. The van der Waals surface area contributed by atoms with E-state index < -0.39 is 0 Å². The van der Waals surface area contributed by atoms with Crippen molar-refractivity contribution in [3.8, 4) is 0 Å². The van der Waals surface area contributed by atoms with Gasteiger partial charge in [-0.15, -0.1) is 0 Å². The second-order valence-corrected chi connectivity index (χ2v) is 6.25. The minimum Gasteiger partial charge on any atom is -0.465 e. The second-order valence-electron chi connectivity index (χ2n) is 6.25. The summed E-state index contributed by atoms with van der Waals surface area (Å²) in [4.78, 5) is 11.6. The molecule has 1 aliphatic rings. The van der Waals surface area contributed by atoms with Gasteiger partial charge in [0.2, 0.25) is 0 Å². The third-order valence-electron chi connectivity index (χ3n) is 3.51. The Hall–Kier alpha value is -0.570. The zero-order valence-corrected chi connectivity index (χ0v) is 11.9. The van der Waals surface area contributed by atoms with E-state index in [1.165, 1.54) is 6.42 Å². The van der Waals surface area contributed by atoms with Gasteiger partial charge in [-0.1, -0.05) is 20.8 Å². The molecule has 0 bridgehead atoms. The first-order chi connectivity index (χ1) is 7.84. The molecule has 17 heavy (non-hydrogen) atoms. The van der Waals surface area contributed by atoms with E-state index in [0.29, 0.717) is 18.1 Å². The fraction of sp³-hybridized carbons (Fsp3) is 0.929. The van der Waals surface area contributed by atoms with Crippen LogP contribution in [0.15, 0.2) is 0 Å². The Balaban J connectivity index is 2.48. The van der Waals surface area contributed by atoms with Crippen molar-refractivity contribution in [2.24, 2.45) is 11.3 Å². The minimum atomic E-state index is -0.193. The molecule has 0 amide bonds. The Morgan fingerprint density at radius 2 is 2.12 bits per heavy atom. The maximum atomic E-state index is 11.6. The van der Waals surface area contributed by atoms with E-state index in [1.807, 2.05) is 13.8 Å². The molecule has 3 heteroatoms. The molecule has 100 valence electrons. The predicted molar refractivity (Wildman–Crippen MR) is 69.8 cm³/mol. The SMILES string of the molecule is CCOC(=O)C(C)NC1CC(C)CC(C)(C)C1. The van der Waals surface area contributed by atoms with Gasteiger partial charge in [0.15, 0.2) is 0 Å². The minimum absolute atomic E-state index is 0.136. The Morgan fingerprint density at radius 1 is 1.47 bits per heavy atom. The van der Waals surface area contributed by atoms with E-state index in [0.717, 1.165) is 18.8 Å². The highest BCUT2D eigenvalue weighted by atomic mass is 16.5. The summed E-state index contributed by atoms with van der Waals surface area (Å²) in [5, 5.41) is 3.41. The summed E-state index contributed by atoms with van der Waals surface area (Å²) < 4.78 is 5.02. The molecule has 0 aliphatic heterocycles. The molecule has 0 aromatic carbocycles. The van der Waals surface area contributed by atoms with Crippen molar-refractivity contribution in [1.29, 1.82) is 0 Å². The first kappa shape index (κ1) is 14.5. The third-order valence-corrected chi connectivity index (χ3v) is 3.51. The highest BCUT2D eigenvalue weighted by molar-refractivity contribution is 5.75. The molecule has 0 aromatic heterocycles. The standard InChI is InChI=1S/C14H27NO2/c1-6-17-13(16)11(3)15-12-7-10(2)8-14(4,5)9-12/h10-12,15H,6-9H2,1-5H3. The van der Waals surface area contributed by atoms with Gasteiger partial charge < -0.3 is 10.1 Å². The molecule has 1 saturated carbocycles. The topological polar surface area (TPSA) is 38.3 Å². The summed E-state index contributed by atoms with van der Waals surface area (Å²) in [5.74, 6) is 0.592. The lowest BCUT2D eigenvalue weighted by Crippen LogP contribution is -2.47. The van der Waals surface area contributed by atoms with Gasteiger partial charge in [-0.25, -0.2) is 0 Å². The summed E-state index contributed by atoms with van der Waals surface area (Å²) in [5.41, 5.74) is 0.379. The molecule has 0 saturated heterocycles. The fourth-order valence-electron chi connectivity index (χ4n) is 3.16. The van der Waals surface area contributed by atoms with Crippen LogP contribution in [0.5, 0.6) is 0 Å². The largest absolute Gasteiger partial charge is 0.465 e. The van der Waals surface area contributed by atoms with Crippen LogP contribution in [-0.2, 0) is 9.53 Å². The molecule has 1 fully saturated rings. The van der Waals surface area contributed by atoms with Gasteiger partial charge in [0.05, 0.1) is 6.61 Å². The van der Waals surface area contributed by atoms with Crippen LogP contribution in [-0.4, -0.2) is 24.7 Å². The Morgan fingerprint density at radius 3 is 2.65 bits per heavy atom. The van der Waals surface area contributed by atoms with E-state index in [2.05, 4.69) is 26.1 Å². The predicted octanol–water partition coefficient (Wildman–Crippen LogP) is 2.74. The number of hydrogen-bond acceptors (Lipinski definition) is 3. The van der Waals surface area contributed by atoms with Crippen LogP contribution < -0.4 is 5.32 Å². The van der Waals surface area contributed by atoms with Crippen LogP contribution in [0.3, 0.4) is 0 Å². The number of nitrogens with one attached hydrogen (secondary N) is 1. The van der Waals surface area contributed by atoms with Crippen LogP contribution in [0.4, 0.5) is 0 Å². The monoisotopic (exact) mass is 241 g/mol. The lowest BCUT2D eigenvalue weighted by Gasteiger charge is -2.40. The highest BCUT2D eigenvalue weighted by Gasteiger charge is 2.33. The lowest BCUT2D eigenvalue weighted by atomic mass is 9.70. The Bertz CT molecular complexity index is 263. The maximum Gasteiger partial charge on any atom is 0.322 e. The van der Waals surface area contributed by atoms with E-state index in [1.54, 1.807) is 0 Å². The molecule has 0 radical (unpaired) electrons. The van der Waals surface area contributed by atoms with Gasteiger partial charge in [0.25, 0.3) is 0 Å². The number of hydrogen-bond donors (Lipinski definition) is 1. The summed E-state index contributed by atoms with van der Waals surface area (Å²) in [6.07, 6.45) is 3.58. The van der Waals surface area contributed by atoms with Crippen LogP contribution in [0.25, 0.3) is 0 Å². The average molecular weight is 241 g/mol. The molecule has 0 aromatic rings. The van der Waals surface area contributed by atoms with Crippen molar-refractivity contribution in [2.45, 2.75) is 66.0 Å². The van der Waals surface area contributed by atoms with Crippen molar-refractivity contribution >= 4 is 5.97 Å². The molecule has 3 nitrogen and oxygen atoms in total. The van der Waals surface area contributed by atoms with Crippen molar-refractivity contribution in [1.82, 2.24) is 5.32 Å². The summed E-state index contributed by atoms with van der Waals surface area (Å²) in [6.45, 7) is 11.1. The number of esters is 1. The first-order valence-corrected chi connectivity index (χ1v) is 6.76. The van der Waals surface area contributed by atoms with E-state index in [4.69, 9.17) is 4.74 Å². The van der Waals surface area contributed by atoms with Crippen LogP contribution in [0.2, 0.25) is 0 Å². The van der Waals surface area contributed by atoms with Gasteiger partial charge in [-0.3, -0.25) is 4.79 Å². The van der Waals surface area contributed by atoms with E-state index in [-0.39, 0.29) is 12.0 Å². The van der Waals surface area contributed by atoms with E-state index >= 15 is 0 Å². The van der Waals surface area contributed by atoms with Gasteiger partial charge in [-0.05, 0) is 44.4 Å². The molecule has 0 spiro atoms. The van der Waals surface area contributed by atoms with Gasteiger partial charge >= 0.3 is 5.97 Å². The summed E-state index contributed by atoms with van der Waals surface area (Å²) in [6, 6.07) is 0.245. The Kier molecular flexibility index (Phi) is 4.99. The fourth-order valence-corrected chi connectivity index (χ4v) is 3.16. The van der Waals surface area contributed by atoms with Crippen LogP contribution in [0.1, 0.15) is 53.9 Å². The van der Waals surface area contributed by atoms with Gasteiger partial charge in [-0.2, -0.15) is 0 Å². The number of carbonyl (C=O) groups is 1. The van der Waals surface area contributed by atoms with Crippen LogP contribution >= 0.6 is 0 Å². The van der Waals surface area contributed by atoms with Gasteiger partial charge in [0, 0.05) is 6.04 Å². The van der Waals surface area contributed by atoms with Crippen LogP contribution in [0, 0.1) is 11.3 Å². The smallest absolute Gasteiger partial charge is 0.322 e. The molecule has 1 aliphatic carbocycles. The second kappa shape index (κ2) is 5.85. The third kappa shape index (κ3) is 4.66. The van der Waals surface area contributed by atoms with Crippen molar-refractivity contribution in [2.75, 3.05) is 6.61 Å². The van der Waals surface area contributed by atoms with Crippen molar-refractivity contribution in [3.05, 3.63) is 0 Å². The molecule has 1 rings (SSSR count). The molecular formula is C14H27NO2. The number of carbonyl (C=O) groups excluding carboxylic acids is 1. The number of ether oxygens (including phenoxy) is 1. The Labute approximate surface area is 105 Å². The summed E-state index contributed by atoms with van der Waals surface area (Å²) in [7, 11) is 0.